The molecule has 1 aromatic carbocycles. The molecule has 2 atom stereocenters. The minimum absolute atomic E-state index is 0.0428. The normalized spacial score (nSPS) is 23.1. The molecule has 2 N–H and O–H groups in total. The number of carboxylic acid groups (broad SMARTS) is 1. The molecule has 2 aliphatic rings. The summed E-state index contributed by atoms with van der Waals surface area (Å²) in [5, 5.41) is 11.9. The number of rotatable bonds is 3. The Morgan fingerprint density at radius 3 is 2.91 bits per heavy atom. The Labute approximate surface area is 134 Å². The summed E-state index contributed by atoms with van der Waals surface area (Å²) >= 11 is 0. The molecule has 7 heteroatoms. The summed E-state index contributed by atoms with van der Waals surface area (Å²) in [5.41, 5.74) is 1.51. The fourth-order valence-corrected chi connectivity index (χ4v) is 3.08. The maximum absolute atomic E-state index is 12.4. The Bertz CT molecular complexity index is 618. The molecule has 0 aromatic heterocycles. The topological polar surface area (TPSA) is 88.1 Å². The maximum atomic E-state index is 12.4. The van der Waals surface area contributed by atoms with E-state index in [0.29, 0.717) is 31.0 Å². The van der Waals surface area contributed by atoms with Crippen molar-refractivity contribution < 1.29 is 24.2 Å². The van der Waals surface area contributed by atoms with Crippen LogP contribution < -0.4 is 10.1 Å². The first kappa shape index (κ1) is 15.6. The number of methoxy groups -OCH3 is 1. The second-order valence-electron chi connectivity index (χ2n) is 5.79. The summed E-state index contributed by atoms with van der Waals surface area (Å²) in [5.74, 6) is -0.712. The van der Waals surface area contributed by atoms with Crippen molar-refractivity contribution in [2.45, 2.75) is 18.9 Å². The molecule has 1 fully saturated rings. The zero-order valence-corrected chi connectivity index (χ0v) is 12.9. The van der Waals surface area contributed by atoms with Crippen molar-refractivity contribution in [3.63, 3.8) is 0 Å². The molecule has 7 nitrogen and oxygen atoms in total. The van der Waals surface area contributed by atoms with Gasteiger partial charge in [-0.2, -0.15) is 0 Å². The van der Waals surface area contributed by atoms with Gasteiger partial charge in [0.1, 0.15) is 5.75 Å². The van der Waals surface area contributed by atoms with E-state index < -0.39 is 11.9 Å². The highest BCUT2D eigenvalue weighted by Crippen LogP contribution is 2.39. The summed E-state index contributed by atoms with van der Waals surface area (Å²) in [6.07, 6.45) is 1.21. The maximum Gasteiger partial charge on any atom is 0.321 e. The average Bonchev–Trinajstić information content (AvgIpc) is 3.05. The number of fused-ring (bicyclic) bond motifs is 1. The van der Waals surface area contributed by atoms with Crippen molar-refractivity contribution in [3.8, 4) is 5.75 Å². The lowest BCUT2D eigenvalue weighted by molar-refractivity contribution is -0.141. The molecule has 0 spiro atoms. The minimum atomic E-state index is -0.858. The number of para-hydroxylation sites is 1. The zero-order chi connectivity index (χ0) is 16.4. The summed E-state index contributed by atoms with van der Waals surface area (Å²) in [6, 6.07) is 5.25. The van der Waals surface area contributed by atoms with Crippen LogP contribution >= 0.6 is 0 Å². The number of benzene rings is 1. The largest absolute Gasteiger partial charge is 0.491 e. The molecule has 2 heterocycles. The number of carbonyl (C=O) groups is 2. The fraction of sp³-hybridized carbons (Fsp3) is 0.500. The van der Waals surface area contributed by atoms with Crippen molar-refractivity contribution in [3.05, 3.63) is 23.8 Å². The van der Waals surface area contributed by atoms with Gasteiger partial charge in [0.15, 0.2) is 0 Å². The minimum Gasteiger partial charge on any atom is -0.491 e. The molecule has 0 radical (unpaired) electrons. The highest BCUT2D eigenvalue weighted by molar-refractivity contribution is 5.92. The Kier molecular flexibility index (Phi) is 4.38. The first-order valence-electron chi connectivity index (χ1n) is 7.67. The molecular formula is C16H20N2O5. The molecular weight excluding hydrogens is 300 g/mol. The van der Waals surface area contributed by atoms with Gasteiger partial charge in [0.2, 0.25) is 0 Å². The highest BCUT2D eigenvalue weighted by atomic mass is 16.5. The van der Waals surface area contributed by atoms with E-state index in [2.05, 4.69) is 5.32 Å². The Morgan fingerprint density at radius 1 is 1.39 bits per heavy atom. The molecule has 2 amide bonds. The summed E-state index contributed by atoms with van der Waals surface area (Å²) in [4.78, 5) is 24.9. The lowest BCUT2D eigenvalue weighted by Gasteiger charge is -2.27. The van der Waals surface area contributed by atoms with Gasteiger partial charge in [-0.05, 0) is 12.5 Å². The predicted molar refractivity (Wildman–Crippen MR) is 82.6 cm³/mol. The average molecular weight is 320 g/mol. The summed E-state index contributed by atoms with van der Waals surface area (Å²) in [6.45, 7) is 1.21. The SMILES string of the molecule is COC1CCOc2c(NC(=O)N3CCC(C(=O)O)C3)cccc21. The number of ether oxygens (including phenoxy) is 2. The Balaban J connectivity index is 1.74. The van der Waals surface area contributed by atoms with Gasteiger partial charge in [0.05, 0.1) is 24.3 Å². The van der Waals surface area contributed by atoms with E-state index in [1.54, 1.807) is 13.2 Å². The third-order valence-corrected chi connectivity index (χ3v) is 4.37. The van der Waals surface area contributed by atoms with E-state index in [1.165, 1.54) is 4.90 Å². The number of carbonyl (C=O) groups excluding carboxylic acids is 1. The molecule has 2 aliphatic heterocycles. The summed E-state index contributed by atoms with van der Waals surface area (Å²) in [7, 11) is 1.65. The number of nitrogens with one attached hydrogen (secondary N) is 1. The van der Waals surface area contributed by atoms with Gasteiger partial charge in [-0.1, -0.05) is 12.1 Å². The molecule has 3 rings (SSSR count). The van der Waals surface area contributed by atoms with Crippen LogP contribution in [0.3, 0.4) is 0 Å². The van der Waals surface area contributed by atoms with Gasteiger partial charge < -0.3 is 24.8 Å². The van der Waals surface area contributed by atoms with E-state index in [0.717, 1.165) is 12.0 Å². The molecule has 2 unspecified atom stereocenters. The first-order valence-corrected chi connectivity index (χ1v) is 7.67. The molecule has 0 bridgehead atoms. The van der Waals surface area contributed by atoms with E-state index in [1.807, 2.05) is 12.1 Å². The Hall–Kier alpha value is -2.28. The van der Waals surface area contributed by atoms with Crippen LogP contribution in [0.1, 0.15) is 24.5 Å². The van der Waals surface area contributed by atoms with Crippen molar-refractivity contribution >= 4 is 17.7 Å². The van der Waals surface area contributed by atoms with Crippen LogP contribution in [0.5, 0.6) is 5.75 Å². The van der Waals surface area contributed by atoms with Gasteiger partial charge in [-0.15, -0.1) is 0 Å². The quantitative estimate of drug-likeness (QED) is 0.890. The highest BCUT2D eigenvalue weighted by Gasteiger charge is 2.31. The van der Waals surface area contributed by atoms with Crippen molar-refractivity contribution in [2.75, 3.05) is 32.1 Å². The van der Waals surface area contributed by atoms with Gasteiger partial charge in [-0.3, -0.25) is 4.79 Å². The number of urea groups is 1. The lowest BCUT2D eigenvalue weighted by Crippen LogP contribution is -2.34. The second-order valence-corrected chi connectivity index (χ2v) is 5.79. The van der Waals surface area contributed by atoms with Crippen LogP contribution in [0, 0.1) is 5.92 Å². The number of hydrogen-bond donors (Lipinski definition) is 2. The van der Waals surface area contributed by atoms with Crippen molar-refractivity contribution in [1.29, 1.82) is 0 Å². The molecule has 0 saturated carbocycles. The van der Waals surface area contributed by atoms with Gasteiger partial charge in [0, 0.05) is 32.2 Å². The zero-order valence-electron chi connectivity index (χ0n) is 12.9. The van der Waals surface area contributed by atoms with Crippen LogP contribution in [-0.4, -0.2) is 48.8 Å². The van der Waals surface area contributed by atoms with E-state index in [-0.39, 0.29) is 18.7 Å². The smallest absolute Gasteiger partial charge is 0.321 e. The van der Waals surface area contributed by atoms with E-state index in [9.17, 15) is 9.59 Å². The van der Waals surface area contributed by atoms with Gasteiger partial charge in [0.25, 0.3) is 0 Å². The standard InChI is InChI=1S/C16H20N2O5/c1-22-13-6-8-23-14-11(13)3-2-4-12(14)17-16(21)18-7-5-10(9-18)15(19)20/h2-4,10,13H,5-9H2,1H3,(H,17,21)(H,19,20). The van der Waals surface area contributed by atoms with Crippen LogP contribution in [-0.2, 0) is 9.53 Å². The number of carboxylic acids is 1. The second kappa shape index (κ2) is 6.45. The van der Waals surface area contributed by atoms with Crippen molar-refractivity contribution in [1.82, 2.24) is 4.90 Å². The molecule has 23 heavy (non-hydrogen) atoms. The van der Waals surface area contributed by atoms with Crippen LogP contribution in [0.15, 0.2) is 18.2 Å². The molecule has 1 saturated heterocycles. The number of amides is 2. The predicted octanol–water partition coefficient (Wildman–Crippen LogP) is 2.10. The monoisotopic (exact) mass is 320 g/mol. The van der Waals surface area contributed by atoms with E-state index in [4.69, 9.17) is 14.6 Å². The number of anilines is 1. The van der Waals surface area contributed by atoms with Crippen LogP contribution in [0.2, 0.25) is 0 Å². The fourth-order valence-electron chi connectivity index (χ4n) is 3.08. The van der Waals surface area contributed by atoms with Crippen molar-refractivity contribution in [2.24, 2.45) is 5.92 Å². The number of hydrogen-bond acceptors (Lipinski definition) is 4. The number of nitrogens with zero attached hydrogens (tertiary/aromatic N) is 1. The third-order valence-electron chi connectivity index (χ3n) is 4.37. The molecule has 1 aromatic rings. The lowest BCUT2D eigenvalue weighted by atomic mass is 10.0. The molecule has 124 valence electrons. The number of aliphatic carboxylic acids is 1. The van der Waals surface area contributed by atoms with Gasteiger partial charge >= 0.3 is 12.0 Å². The number of likely N-dealkylation sites (tertiary alicyclic amines) is 1. The van der Waals surface area contributed by atoms with Crippen LogP contribution in [0.25, 0.3) is 0 Å². The van der Waals surface area contributed by atoms with Gasteiger partial charge in [-0.25, -0.2) is 4.79 Å². The Morgan fingerprint density at radius 2 is 2.22 bits per heavy atom. The van der Waals surface area contributed by atoms with E-state index >= 15 is 0 Å². The van der Waals surface area contributed by atoms with Crippen LogP contribution in [0.4, 0.5) is 10.5 Å². The molecule has 0 aliphatic carbocycles. The third kappa shape index (κ3) is 3.10. The first-order chi connectivity index (χ1) is 11.1. The summed E-state index contributed by atoms with van der Waals surface area (Å²) < 4.78 is 11.2.